The molecule has 4 heteroatoms. The van der Waals surface area contributed by atoms with Crippen molar-refractivity contribution in [3.05, 3.63) is 30.3 Å². The lowest BCUT2D eigenvalue weighted by atomic mass is 10.3. The van der Waals surface area contributed by atoms with Crippen molar-refractivity contribution in [3.63, 3.8) is 0 Å². The van der Waals surface area contributed by atoms with Crippen LogP contribution in [0.2, 0.25) is 0 Å². The molecule has 0 aliphatic heterocycles. The second-order valence-corrected chi connectivity index (χ2v) is 5.66. The molecule has 0 unspecified atom stereocenters. The highest BCUT2D eigenvalue weighted by Crippen LogP contribution is 2.13. The molecule has 0 heterocycles. The number of amides is 1. The van der Waals surface area contributed by atoms with Crippen LogP contribution in [-0.4, -0.2) is 35.6 Å². The maximum absolute atomic E-state index is 12.0. The third-order valence-electron chi connectivity index (χ3n) is 2.77. The summed E-state index contributed by atoms with van der Waals surface area (Å²) in [4.78, 5) is 14.0. The van der Waals surface area contributed by atoms with E-state index in [4.69, 9.17) is 4.74 Å². The van der Waals surface area contributed by atoms with Gasteiger partial charge in [0.25, 0.3) is 5.24 Å². The van der Waals surface area contributed by atoms with Crippen LogP contribution in [0.15, 0.2) is 30.3 Å². The van der Waals surface area contributed by atoms with Gasteiger partial charge in [-0.1, -0.05) is 43.8 Å². The first-order valence-corrected chi connectivity index (χ1v) is 8.36. The molecule has 0 atom stereocenters. The van der Waals surface area contributed by atoms with E-state index in [-0.39, 0.29) is 5.24 Å². The molecule has 0 fully saturated rings. The molecule has 0 N–H and O–H groups in total. The van der Waals surface area contributed by atoms with E-state index in [0.717, 1.165) is 43.9 Å². The Kier molecular flexibility index (Phi) is 8.96. The Morgan fingerprint density at radius 1 is 1.15 bits per heavy atom. The molecule has 0 bridgehead atoms. The first-order valence-electron chi connectivity index (χ1n) is 7.37. The normalized spacial score (nSPS) is 10.3. The number of para-hydroxylation sites is 1. The molecule has 0 spiro atoms. The average molecular weight is 295 g/mol. The quantitative estimate of drug-likeness (QED) is 0.631. The van der Waals surface area contributed by atoms with Crippen molar-refractivity contribution < 1.29 is 9.53 Å². The van der Waals surface area contributed by atoms with Crippen molar-refractivity contribution in [1.82, 2.24) is 4.90 Å². The van der Waals surface area contributed by atoms with Gasteiger partial charge in [0, 0.05) is 18.8 Å². The van der Waals surface area contributed by atoms with Crippen LogP contribution in [-0.2, 0) is 0 Å². The third kappa shape index (κ3) is 6.85. The van der Waals surface area contributed by atoms with Gasteiger partial charge < -0.3 is 9.64 Å². The lowest BCUT2D eigenvalue weighted by molar-refractivity contribution is 0.223. The number of rotatable bonds is 9. The third-order valence-corrected chi connectivity index (χ3v) is 3.77. The van der Waals surface area contributed by atoms with Crippen molar-refractivity contribution in [2.45, 2.75) is 33.1 Å². The first-order chi connectivity index (χ1) is 9.77. The summed E-state index contributed by atoms with van der Waals surface area (Å²) in [5, 5.41) is 0.202. The number of carbonyl (C=O) groups is 1. The summed E-state index contributed by atoms with van der Waals surface area (Å²) in [6.07, 6.45) is 2.92. The van der Waals surface area contributed by atoms with Crippen LogP contribution in [0.1, 0.15) is 33.1 Å². The summed E-state index contributed by atoms with van der Waals surface area (Å²) >= 11 is 1.41. The maximum Gasteiger partial charge on any atom is 0.281 e. The predicted molar refractivity (Wildman–Crippen MR) is 86.6 cm³/mol. The van der Waals surface area contributed by atoms with Crippen LogP contribution in [0.4, 0.5) is 4.79 Å². The molecular weight excluding hydrogens is 270 g/mol. The van der Waals surface area contributed by atoms with Crippen LogP contribution >= 0.6 is 11.8 Å². The fourth-order valence-corrected chi connectivity index (χ4v) is 2.65. The smallest absolute Gasteiger partial charge is 0.281 e. The van der Waals surface area contributed by atoms with Gasteiger partial charge in [0.15, 0.2) is 0 Å². The molecule has 0 aliphatic carbocycles. The molecule has 0 saturated heterocycles. The van der Waals surface area contributed by atoms with Crippen LogP contribution in [0.5, 0.6) is 5.75 Å². The van der Waals surface area contributed by atoms with Gasteiger partial charge >= 0.3 is 0 Å². The number of carbonyl (C=O) groups excluding carboxylic acids is 1. The van der Waals surface area contributed by atoms with Gasteiger partial charge in [-0.15, -0.1) is 0 Å². The number of hydrogen-bond acceptors (Lipinski definition) is 3. The van der Waals surface area contributed by atoms with Crippen molar-refractivity contribution in [1.29, 1.82) is 0 Å². The largest absolute Gasteiger partial charge is 0.494 e. The zero-order valence-corrected chi connectivity index (χ0v) is 13.3. The minimum atomic E-state index is 0.202. The molecule has 20 heavy (non-hydrogen) atoms. The molecule has 0 radical (unpaired) electrons. The fraction of sp³-hybridized carbons (Fsp3) is 0.562. The van der Waals surface area contributed by atoms with Crippen molar-refractivity contribution >= 4 is 17.0 Å². The highest BCUT2D eigenvalue weighted by Gasteiger charge is 2.11. The van der Waals surface area contributed by atoms with Gasteiger partial charge in [0.2, 0.25) is 0 Å². The minimum Gasteiger partial charge on any atom is -0.494 e. The van der Waals surface area contributed by atoms with Gasteiger partial charge in [0.05, 0.1) is 6.61 Å². The van der Waals surface area contributed by atoms with E-state index in [2.05, 4.69) is 13.8 Å². The summed E-state index contributed by atoms with van der Waals surface area (Å²) in [6, 6.07) is 9.78. The first kappa shape index (κ1) is 16.9. The second-order valence-electron chi connectivity index (χ2n) is 4.62. The Hall–Kier alpha value is -1.16. The molecule has 1 rings (SSSR count). The fourth-order valence-electron chi connectivity index (χ4n) is 1.85. The zero-order chi connectivity index (χ0) is 14.6. The Morgan fingerprint density at radius 3 is 2.40 bits per heavy atom. The van der Waals surface area contributed by atoms with E-state index < -0.39 is 0 Å². The van der Waals surface area contributed by atoms with Crippen LogP contribution in [0.3, 0.4) is 0 Å². The van der Waals surface area contributed by atoms with Crippen LogP contribution in [0, 0.1) is 0 Å². The number of thioether (sulfide) groups is 1. The van der Waals surface area contributed by atoms with Gasteiger partial charge in [-0.05, 0) is 31.4 Å². The number of ether oxygens (including phenoxy) is 1. The lowest BCUT2D eigenvalue weighted by Crippen LogP contribution is -2.29. The molecule has 1 amide bonds. The molecule has 0 saturated carbocycles. The number of nitrogens with zero attached hydrogens (tertiary/aromatic N) is 1. The highest BCUT2D eigenvalue weighted by molar-refractivity contribution is 8.13. The molecule has 0 aliphatic rings. The average Bonchev–Trinajstić information content (AvgIpc) is 2.47. The van der Waals surface area contributed by atoms with Crippen LogP contribution in [0.25, 0.3) is 0 Å². The SMILES string of the molecule is CCCN(CCC)C(=O)SCCCOc1ccccc1. The molecule has 0 aromatic heterocycles. The molecular formula is C16H25NO2S. The van der Waals surface area contributed by atoms with Crippen molar-refractivity contribution in [2.24, 2.45) is 0 Å². The molecule has 3 nitrogen and oxygen atoms in total. The summed E-state index contributed by atoms with van der Waals surface area (Å²) in [7, 11) is 0. The van der Waals surface area contributed by atoms with Gasteiger partial charge in [-0.3, -0.25) is 4.79 Å². The topological polar surface area (TPSA) is 29.5 Å². The van der Waals surface area contributed by atoms with Crippen LogP contribution < -0.4 is 4.74 Å². The second kappa shape index (κ2) is 10.6. The van der Waals surface area contributed by atoms with E-state index in [0.29, 0.717) is 6.61 Å². The van der Waals surface area contributed by atoms with E-state index in [9.17, 15) is 4.79 Å². The Balaban J connectivity index is 2.14. The standard InChI is InChI=1S/C16H25NO2S/c1-3-11-17(12-4-2)16(18)20-14-8-13-19-15-9-6-5-7-10-15/h5-7,9-10H,3-4,8,11-14H2,1-2H3. The summed E-state index contributed by atoms with van der Waals surface area (Å²) in [6.45, 7) is 6.59. The van der Waals surface area contributed by atoms with Gasteiger partial charge in [0.1, 0.15) is 5.75 Å². The minimum absolute atomic E-state index is 0.202. The monoisotopic (exact) mass is 295 g/mol. The Morgan fingerprint density at radius 2 is 1.80 bits per heavy atom. The van der Waals surface area contributed by atoms with E-state index >= 15 is 0 Å². The number of benzene rings is 1. The van der Waals surface area contributed by atoms with E-state index in [1.807, 2.05) is 35.2 Å². The van der Waals surface area contributed by atoms with Gasteiger partial charge in [-0.2, -0.15) is 0 Å². The lowest BCUT2D eigenvalue weighted by Gasteiger charge is -2.20. The van der Waals surface area contributed by atoms with Crippen molar-refractivity contribution in [2.75, 3.05) is 25.4 Å². The maximum atomic E-state index is 12.0. The van der Waals surface area contributed by atoms with Gasteiger partial charge in [-0.25, -0.2) is 0 Å². The highest BCUT2D eigenvalue weighted by atomic mass is 32.2. The van der Waals surface area contributed by atoms with E-state index in [1.54, 1.807) is 0 Å². The summed E-state index contributed by atoms with van der Waals surface area (Å²) in [5.41, 5.74) is 0. The molecule has 1 aromatic rings. The predicted octanol–water partition coefficient (Wildman–Crippen LogP) is 4.43. The Bertz CT molecular complexity index is 364. The zero-order valence-electron chi connectivity index (χ0n) is 12.5. The molecule has 112 valence electrons. The van der Waals surface area contributed by atoms with Crippen molar-refractivity contribution in [3.8, 4) is 5.75 Å². The number of hydrogen-bond donors (Lipinski definition) is 0. The summed E-state index contributed by atoms with van der Waals surface area (Å²) < 4.78 is 5.61. The Labute approximate surface area is 126 Å². The summed E-state index contributed by atoms with van der Waals surface area (Å²) in [5.74, 6) is 1.71. The van der Waals surface area contributed by atoms with E-state index in [1.165, 1.54) is 11.8 Å². The molecule has 1 aromatic carbocycles.